The molecule has 0 saturated heterocycles. The van der Waals surface area contributed by atoms with Crippen LogP contribution in [0.1, 0.15) is 34.8 Å². The molecule has 0 saturated carbocycles. The summed E-state index contributed by atoms with van der Waals surface area (Å²) in [5.74, 6) is -0.123. The molecule has 1 atom stereocenters. The van der Waals surface area contributed by atoms with E-state index in [1.165, 1.54) is 0 Å². The molecule has 0 spiro atoms. The van der Waals surface area contributed by atoms with Crippen molar-refractivity contribution in [2.24, 2.45) is 0 Å². The molecule has 0 aliphatic heterocycles. The van der Waals surface area contributed by atoms with Gasteiger partial charge in [0.1, 0.15) is 0 Å². The molecule has 116 valence electrons. The van der Waals surface area contributed by atoms with Crippen molar-refractivity contribution < 1.29 is 9.53 Å². The number of carbonyl (C=O) groups is 1. The summed E-state index contributed by atoms with van der Waals surface area (Å²) in [7, 11) is 0. The predicted octanol–water partition coefficient (Wildman–Crippen LogP) is 3.15. The molecular formula is C18H16N2O3. The Balaban J connectivity index is 1.85. The highest BCUT2D eigenvalue weighted by atomic mass is 16.5. The minimum Gasteiger partial charge on any atom is -0.451 e. The summed E-state index contributed by atoms with van der Waals surface area (Å²) in [6.45, 7) is 3.63. The average Bonchev–Trinajstić information content (AvgIpc) is 2.55. The molecule has 0 aliphatic rings. The van der Waals surface area contributed by atoms with Crippen LogP contribution in [0.15, 0.2) is 53.3 Å². The molecular weight excluding hydrogens is 292 g/mol. The number of H-pyrrole nitrogens is 1. The molecule has 0 unspecified atom stereocenters. The zero-order valence-electron chi connectivity index (χ0n) is 12.9. The van der Waals surface area contributed by atoms with E-state index < -0.39 is 12.1 Å². The van der Waals surface area contributed by atoms with Gasteiger partial charge in [-0.2, -0.15) is 0 Å². The first kappa shape index (κ1) is 15.0. The number of fused-ring (bicyclic) bond motifs is 1. The van der Waals surface area contributed by atoms with E-state index >= 15 is 0 Å². The van der Waals surface area contributed by atoms with E-state index in [1.807, 2.05) is 25.1 Å². The molecule has 5 heteroatoms. The highest BCUT2D eigenvalue weighted by Crippen LogP contribution is 2.16. The van der Waals surface area contributed by atoms with E-state index in [0.717, 1.165) is 5.56 Å². The average molecular weight is 308 g/mol. The van der Waals surface area contributed by atoms with E-state index in [0.29, 0.717) is 22.3 Å². The smallest absolute Gasteiger partial charge is 0.338 e. The molecule has 3 rings (SSSR count). The fraction of sp³-hybridized carbons (Fsp3) is 0.167. The topological polar surface area (TPSA) is 72.0 Å². The van der Waals surface area contributed by atoms with Gasteiger partial charge in [-0.25, -0.2) is 9.78 Å². The van der Waals surface area contributed by atoms with E-state index in [-0.39, 0.29) is 5.56 Å². The lowest BCUT2D eigenvalue weighted by Gasteiger charge is -2.13. The summed E-state index contributed by atoms with van der Waals surface area (Å²) in [6, 6.07) is 14.1. The second kappa shape index (κ2) is 6.04. The Morgan fingerprint density at radius 3 is 2.57 bits per heavy atom. The minimum absolute atomic E-state index is 0.246. The van der Waals surface area contributed by atoms with Gasteiger partial charge >= 0.3 is 5.97 Å². The fourth-order valence-electron chi connectivity index (χ4n) is 2.27. The molecule has 2 aromatic carbocycles. The number of aryl methyl sites for hydroxylation is 1. The van der Waals surface area contributed by atoms with Gasteiger partial charge in [0, 0.05) is 0 Å². The molecule has 1 aromatic heterocycles. The van der Waals surface area contributed by atoms with Gasteiger partial charge < -0.3 is 9.72 Å². The van der Waals surface area contributed by atoms with Crippen LogP contribution in [-0.4, -0.2) is 15.9 Å². The predicted molar refractivity (Wildman–Crippen MR) is 87.4 cm³/mol. The highest BCUT2D eigenvalue weighted by Gasteiger charge is 2.16. The second-order valence-electron chi connectivity index (χ2n) is 5.38. The van der Waals surface area contributed by atoms with Crippen LogP contribution in [0.2, 0.25) is 0 Å². The number of ether oxygens (including phenoxy) is 1. The number of para-hydroxylation sites is 1. The summed E-state index contributed by atoms with van der Waals surface area (Å²) in [6.07, 6.45) is -0.652. The van der Waals surface area contributed by atoms with Gasteiger partial charge in [-0.15, -0.1) is 0 Å². The lowest BCUT2D eigenvalue weighted by molar-refractivity contribution is 0.0320. The van der Waals surface area contributed by atoms with Crippen molar-refractivity contribution in [1.29, 1.82) is 0 Å². The maximum atomic E-state index is 12.1. The fourth-order valence-corrected chi connectivity index (χ4v) is 2.27. The number of carbonyl (C=O) groups excluding carboxylic acids is 1. The van der Waals surface area contributed by atoms with Crippen molar-refractivity contribution in [2.75, 3.05) is 0 Å². The maximum absolute atomic E-state index is 12.1. The van der Waals surface area contributed by atoms with Crippen molar-refractivity contribution in [3.63, 3.8) is 0 Å². The van der Waals surface area contributed by atoms with Gasteiger partial charge in [-0.3, -0.25) is 4.79 Å². The zero-order valence-corrected chi connectivity index (χ0v) is 12.9. The molecule has 0 radical (unpaired) electrons. The van der Waals surface area contributed by atoms with Gasteiger partial charge in [0.2, 0.25) is 0 Å². The Hall–Kier alpha value is -2.95. The monoisotopic (exact) mass is 308 g/mol. The van der Waals surface area contributed by atoms with E-state index in [4.69, 9.17) is 4.74 Å². The molecule has 5 nitrogen and oxygen atoms in total. The Kier molecular flexibility index (Phi) is 3.93. The van der Waals surface area contributed by atoms with Crippen LogP contribution >= 0.6 is 0 Å². The quantitative estimate of drug-likeness (QED) is 0.754. The van der Waals surface area contributed by atoms with Crippen LogP contribution < -0.4 is 5.56 Å². The Morgan fingerprint density at radius 2 is 1.83 bits per heavy atom. The van der Waals surface area contributed by atoms with Gasteiger partial charge in [0.05, 0.1) is 16.5 Å². The van der Waals surface area contributed by atoms with Gasteiger partial charge in [0.15, 0.2) is 11.9 Å². The first-order valence-corrected chi connectivity index (χ1v) is 7.31. The van der Waals surface area contributed by atoms with Crippen molar-refractivity contribution in [3.05, 3.63) is 75.8 Å². The molecule has 1 heterocycles. The maximum Gasteiger partial charge on any atom is 0.338 e. The van der Waals surface area contributed by atoms with Crippen molar-refractivity contribution in [3.8, 4) is 0 Å². The molecule has 0 aliphatic carbocycles. The number of nitrogens with zero attached hydrogens (tertiary/aromatic N) is 1. The van der Waals surface area contributed by atoms with E-state index in [1.54, 1.807) is 37.3 Å². The Labute approximate surface area is 133 Å². The summed E-state index contributed by atoms with van der Waals surface area (Å²) in [5.41, 5.74) is 1.86. The number of aromatic amines is 1. The van der Waals surface area contributed by atoms with Crippen molar-refractivity contribution >= 4 is 16.9 Å². The number of benzene rings is 2. The number of nitrogens with one attached hydrogen (secondary N) is 1. The lowest BCUT2D eigenvalue weighted by atomic mass is 10.1. The van der Waals surface area contributed by atoms with Crippen LogP contribution in [0.5, 0.6) is 0 Å². The first-order chi connectivity index (χ1) is 11.0. The van der Waals surface area contributed by atoms with Gasteiger partial charge in [0.25, 0.3) is 5.56 Å². The van der Waals surface area contributed by atoms with E-state index in [2.05, 4.69) is 9.97 Å². The molecule has 0 fully saturated rings. The van der Waals surface area contributed by atoms with Gasteiger partial charge in [-0.1, -0.05) is 29.8 Å². The molecule has 1 N–H and O–H groups in total. The third kappa shape index (κ3) is 3.13. The van der Waals surface area contributed by atoms with Crippen LogP contribution in [0, 0.1) is 6.92 Å². The van der Waals surface area contributed by atoms with Gasteiger partial charge in [-0.05, 0) is 38.1 Å². The number of esters is 1. The summed E-state index contributed by atoms with van der Waals surface area (Å²) < 4.78 is 5.39. The number of hydrogen-bond acceptors (Lipinski definition) is 4. The second-order valence-corrected chi connectivity index (χ2v) is 5.38. The molecule has 23 heavy (non-hydrogen) atoms. The number of hydrogen-bond donors (Lipinski definition) is 1. The minimum atomic E-state index is -0.652. The van der Waals surface area contributed by atoms with E-state index in [9.17, 15) is 9.59 Å². The third-order valence-electron chi connectivity index (χ3n) is 3.59. The number of rotatable bonds is 3. The standard InChI is InChI=1S/C18H16N2O3/c1-11-7-9-13(10-8-11)18(22)23-12(2)16-19-15-6-4-3-5-14(15)17(21)20-16/h3-10,12H,1-2H3,(H,19,20,21)/t12-/m0/s1. The van der Waals surface area contributed by atoms with Crippen LogP contribution in [0.3, 0.4) is 0 Å². The SMILES string of the molecule is Cc1ccc(C(=O)O[C@@H](C)c2nc3ccccc3c(=O)[nH]2)cc1. The van der Waals surface area contributed by atoms with Crippen LogP contribution in [0.4, 0.5) is 0 Å². The third-order valence-corrected chi connectivity index (χ3v) is 3.59. The summed E-state index contributed by atoms with van der Waals surface area (Å²) in [5, 5.41) is 0.508. The summed E-state index contributed by atoms with van der Waals surface area (Å²) in [4.78, 5) is 31.2. The van der Waals surface area contributed by atoms with Crippen LogP contribution in [-0.2, 0) is 4.74 Å². The van der Waals surface area contributed by atoms with Crippen molar-refractivity contribution in [2.45, 2.75) is 20.0 Å². The molecule has 0 bridgehead atoms. The Bertz CT molecular complexity index is 913. The Morgan fingerprint density at radius 1 is 1.13 bits per heavy atom. The number of aromatic nitrogens is 2. The largest absolute Gasteiger partial charge is 0.451 e. The normalized spacial score (nSPS) is 12.1. The lowest BCUT2D eigenvalue weighted by Crippen LogP contribution is -2.17. The molecule has 0 amide bonds. The zero-order chi connectivity index (χ0) is 16.4. The summed E-state index contributed by atoms with van der Waals surface area (Å²) >= 11 is 0. The van der Waals surface area contributed by atoms with Crippen molar-refractivity contribution in [1.82, 2.24) is 9.97 Å². The van der Waals surface area contributed by atoms with Crippen LogP contribution in [0.25, 0.3) is 10.9 Å². The molecule has 3 aromatic rings. The first-order valence-electron chi connectivity index (χ1n) is 7.31. The highest BCUT2D eigenvalue weighted by molar-refractivity contribution is 5.89.